The molecule has 3 unspecified atom stereocenters. The van der Waals surface area contributed by atoms with Crippen LogP contribution in [0.2, 0.25) is 0 Å². The Balaban J connectivity index is 2.68. The van der Waals surface area contributed by atoms with Crippen LogP contribution in [0.25, 0.3) is 0 Å². The number of β-amino-alcohol motifs (C(OH)–C–C–N with tert-alkyl or cyclic N) is 1. The van der Waals surface area contributed by atoms with Crippen molar-refractivity contribution >= 4 is 18.0 Å². The molecule has 20 heavy (non-hydrogen) atoms. The highest BCUT2D eigenvalue weighted by Gasteiger charge is 2.40. The van der Waals surface area contributed by atoms with Gasteiger partial charge in [0.05, 0.1) is 19.1 Å². The lowest BCUT2D eigenvalue weighted by molar-refractivity contribution is -0.145. The van der Waals surface area contributed by atoms with Gasteiger partial charge in [0.15, 0.2) is 0 Å². The number of carbonyl (C=O) groups excluding carboxylic acids is 2. The lowest BCUT2D eigenvalue weighted by Crippen LogP contribution is -2.48. The van der Waals surface area contributed by atoms with Crippen molar-refractivity contribution in [3.8, 4) is 0 Å². The van der Waals surface area contributed by atoms with Crippen molar-refractivity contribution in [3.05, 3.63) is 0 Å². The third-order valence-electron chi connectivity index (χ3n) is 3.29. The fourth-order valence-corrected chi connectivity index (χ4v) is 2.24. The Morgan fingerprint density at radius 3 is 2.55 bits per heavy atom. The van der Waals surface area contributed by atoms with Crippen molar-refractivity contribution in [2.24, 2.45) is 5.92 Å². The average molecular weight is 288 g/mol. The summed E-state index contributed by atoms with van der Waals surface area (Å²) in [5.74, 6) is -2.10. The summed E-state index contributed by atoms with van der Waals surface area (Å²) < 4.78 is 4.57. The standard InChI is InChI=1S/C12H20N2O6/c1-7(11(18)20-3)5-13(2)12(19)14-6-8(15)4-9(14)10(16)17/h7-9,15H,4-6H2,1-3H3,(H,16,17). The monoisotopic (exact) mass is 288 g/mol. The second-order valence-corrected chi connectivity index (χ2v) is 4.98. The number of carbonyl (C=O) groups is 3. The largest absolute Gasteiger partial charge is 0.480 e. The van der Waals surface area contributed by atoms with Crippen molar-refractivity contribution in [2.45, 2.75) is 25.5 Å². The van der Waals surface area contributed by atoms with Gasteiger partial charge in [-0.2, -0.15) is 0 Å². The zero-order valence-electron chi connectivity index (χ0n) is 11.8. The van der Waals surface area contributed by atoms with E-state index in [1.165, 1.54) is 19.1 Å². The summed E-state index contributed by atoms with van der Waals surface area (Å²) >= 11 is 0. The van der Waals surface area contributed by atoms with E-state index in [0.717, 1.165) is 4.90 Å². The Morgan fingerprint density at radius 1 is 1.45 bits per heavy atom. The summed E-state index contributed by atoms with van der Waals surface area (Å²) in [5.41, 5.74) is 0. The van der Waals surface area contributed by atoms with Crippen LogP contribution in [0, 0.1) is 5.92 Å². The number of aliphatic hydroxyl groups is 1. The third-order valence-corrected chi connectivity index (χ3v) is 3.29. The van der Waals surface area contributed by atoms with E-state index in [9.17, 15) is 19.5 Å². The predicted molar refractivity (Wildman–Crippen MR) is 68.0 cm³/mol. The molecule has 0 spiro atoms. The van der Waals surface area contributed by atoms with Crippen LogP contribution >= 0.6 is 0 Å². The summed E-state index contributed by atoms with van der Waals surface area (Å²) in [6.07, 6.45) is -0.826. The van der Waals surface area contributed by atoms with Gasteiger partial charge in [0.2, 0.25) is 0 Å². The molecule has 1 saturated heterocycles. The van der Waals surface area contributed by atoms with Crippen LogP contribution in [-0.2, 0) is 14.3 Å². The van der Waals surface area contributed by atoms with Crippen molar-refractivity contribution in [1.29, 1.82) is 0 Å². The Kier molecular flexibility index (Phi) is 5.32. The van der Waals surface area contributed by atoms with Crippen molar-refractivity contribution in [1.82, 2.24) is 9.80 Å². The van der Waals surface area contributed by atoms with Gasteiger partial charge in [-0.3, -0.25) is 4.79 Å². The van der Waals surface area contributed by atoms with Gasteiger partial charge in [0.1, 0.15) is 6.04 Å². The average Bonchev–Trinajstić information content (AvgIpc) is 2.78. The molecule has 0 radical (unpaired) electrons. The Bertz CT molecular complexity index is 399. The van der Waals surface area contributed by atoms with Crippen molar-refractivity contribution in [2.75, 3.05) is 27.2 Å². The minimum absolute atomic E-state index is 0.0153. The smallest absolute Gasteiger partial charge is 0.326 e. The number of esters is 1. The first-order valence-corrected chi connectivity index (χ1v) is 6.28. The maximum Gasteiger partial charge on any atom is 0.326 e. The van der Waals surface area contributed by atoms with E-state index in [1.54, 1.807) is 6.92 Å². The van der Waals surface area contributed by atoms with Gasteiger partial charge in [0, 0.05) is 26.6 Å². The molecule has 8 nitrogen and oxygen atoms in total. The lowest BCUT2D eigenvalue weighted by atomic mass is 10.2. The van der Waals surface area contributed by atoms with Crippen LogP contribution in [0.15, 0.2) is 0 Å². The van der Waals surface area contributed by atoms with E-state index in [-0.39, 0.29) is 19.5 Å². The van der Waals surface area contributed by atoms with Gasteiger partial charge in [-0.15, -0.1) is 0 Å². The minimum atomic E-state index is -1.15. The first-order chi connectivity index (χ1) is 9.27. The number of carboxylic acid groups (broad SMARTS) is 1. The number of hydrogen-bond acceptors (Lipinski definition) is 5. The fourth-order valence-electron chi connectivity index (χ4n) is 2.24. The molecule has 1 aliphatic heterocycles. The molecule has 0 aromatic rings. The first-order valence-electron chi connectivity index (χ1n) is 6.28. The second-order valence-electron chi connectivity index (χ2n) is 4.98. The maximum absolute atomic E-state index is 12.2. The maximum atomic E-state index is 12.2. The number of nitrogens with zero attached hydrogens (tertiary/aromatic N) is 2. The molecule has 0 saturated carbocycles. The highest BCUT2D eigenvalue weighted by Crippen LogP contribution is 2.20. The van der Waals surface area contributed by atoms with Gasteiger partial charge in [0.25, 0.3) is 0 Å². The molecular formula is C12H20N2O6. The Hall–Kier alpha value is -1.83. The van der Waals surface area contributed by atoms with E-state index in [1.807, 2.05) is 0 Å². The zero-order valence-corrected chi connectivity index (χ0v) is 11.8. The summed E-state index contributed by atoms with van der Waals surface area (Å²) in [4.78, 5) is 36.9. The second kappa shape index (κ2) is 6.56. The summed E-state index contributed by atoms with van der Waals surface area (Å²) in [6, 6.07) is -1.56. The number of aliphatic carboxylic acids is 1. The molecule has 0 bridgehead atoms. The molecule has 114 valence electrons. The Morgan fingerprint density at radius 2 is 2.05 bits per heavy atom. The molecule has 1 rings (SSSR count). The number of rotatable bonds is 4. The predicted octanol–water partition coefficient (Wildman–Crippen LogP) is -0.633. The number of carboxylic acids is 1. The van der Waals surface area contributed by atoms with Gasteiger partial charge >= 0.3 is 18.0 Å². The summed E-state index contributed by atoms with van der Waals surface area (Å²) in [7, 11) is 2.74. The van der Waals surface area contributed by atoms with Crippen LogP contribution in [-0.4, -0.2) is 77.4 Å². The van der Waals surface area contributed by atoms with E-state index in [4.69, 9.17) is 5.11 Å². The van der Waals surface area contributed by atoms with Crippen LogP contribution in [0.1, 0.15) is 13.3 Å². The quantitative estimate of drug-likeness (QED) is 0.667. The zero-order chi connectivity index (χ0) is 15.4. The summed E-state index contributed by atoms with van der Waals surface area (Å²) in [5, 5.41) is 18.6. The molecule has 1 heterocycles. The van der Waals surface area contributed by atoms with Crippen molar-refractivity contribution < 1.29 is 29.3 Å². The van der Waals surface area contributed by atoms with Crippen LogP contribution in [0.5, 0.6) is 0 Å². The van der Waals surface area contributed by atoms with Crippen LogP contribution in [0.3, 0.4) is 0 Å². The summed E-state index contributed by atoms with van der Waals surface area (Å²) in [6.45, 7) is 1.71. The number of ether oxygens (including phenoxy) is 1. The highest BCUT2D eigenvalue weighted by atomic mass is 16.5. The molecule has 8 heteroatoms. The molecule has 0 aliphatic carbocycles. The number of aliphatic hydroxyl groups excluding tert-OH is 1. The molecular weight excluding hydrogens is 268 g/mol. The fraction of sp³-hybridized carbons (Fsp3) is 0.750. The van der Waals surface area contributed by atoms with E-state index in [2.05, 4.69) is 4.74 Å². The molecule has 0 aromatic carbocycles. The molecule has 1 aliphatic rings. The van der Waals surface area contributed by atoms with Gasteiger partial charge in [-0.05, 0) is 0 Å². The van der Waals surface area contributed by atoms with Gasteiger partial charge in [-0.25, -0.2) is 9.59 Å². The lowest BCUT2D eigenvalue weighted by Gasteiger charge is -2.28. The number of urea groups is 1. The minimum Gasteiger partial charge on any atom is -0.480 e. The topological polar surface area (TPSA) is 107 Å². The third kappa shape index (κ3) is 3.60. The number of amides is 2. The SMILES string of the molecule is COC(=O)C(C)CN(C)C(=O)N1CC(O)CC1C(=O)O. The number of methoxy groups -OCH3 is 1. The van der Waals surface area contributed by atoms with E-state index >= 15 is 0 Å². The highest BCUT2D eigenvalue weighted by molar-refractivity contribution is 5.83. The number of likely N-dealkylation sites (tertiary alicyclic amines) is 1. The van der Waals surface area contributed by atoms with Crippen molar-refractivity contribution in [3.63, 3.8) is 0 Å². The molecule has 0 aromatic heterocycles. The molecule has 1 fully saturated rings. The van der Waals surface area contributed by atoms with Gasteiger partial charge < -0.3 is 24.7 Å². The van der Waals surface area contributed by atoms with E-state index < -0.39 is 36.0 Å². The normalized spacial score (nSPS) is 23.3. The Labute approximate surface area is 116 Å². The van der Waals surface area contributed by atoms with Crippen LogP contribution < -0.4 is 0 Å². The number of hydrogen-bond donors (Lipinski definition) is 2. The molecule has 3 atom stereocenters. The molecule has 2 N–H and O–H groups in total. The molecule has 2 amide bonds. The van der Waals surface area contributed by atoms with E-state index in [0.29, 0.717) is 0 Å². The first kappa shape index (κ1) is 16.2. The van der Waals surface area contributed by atoms with Crippen LogP contribution in [0.4, 0.5) is 4.79 Å². The van der Waals surface area contributed by atoms with Gasteiger partial charge in [-0.1, -0.05) is 6.92 Å².